The standard InChI is InChI=1S/C18H34N4O.HI/c1-3-19-18(20-12-15(2)21-8-10-23-11-9-21)22-13-16-6-4-5-7-17(16)14-22;/h15-17H,3-14H2,1-2H3,(H,19,20);1H. The Balaban J connectivity index is 0.00000208. The molecule has 2 saturated heterocycles. The first-order chi connectivity index (χ1) is 11.3. The van der Waals surface area contributed by atoms with Crippen molar-refractivity contribution in [2.24, 2.45) is 16.8 Å². The highest BCUT2D eigenvalue weighted by Crippen LogP contribution is 2.35. The Morgan fingerprint density at radius 1 is 1.17 bits per heavy atom. The lowest BCUT2D eigenvalue weighted by Gasteiger charge is -2.32. The molecule has 3 rings (SSSR count). The molecule has 140 valence electrons. The van der Waals surface area contributed by atoms with E-state index in [4.69, 9.17) is 9.73 Å². The van der Waals surface area contributed by atoms with Gasteiger partial charge in [-0.05, 0) is 38.5 Å². The van der Waals surface area contributed by atoms with Gasteiger partial charge in [0.25, 0.3) is 0 Å². The van der Waals surface area contributed by atoms with Crippen LogP contribution in [0.2, 0.25) is 0 Å². The molecule has 0 aromatic carbocycles. The Morgan fingerprint density at radius 2 is 1.79 bits per heavy atom. The number of nitrogens with zero attached hydrogens (tertiary/aromatic N) is 3. The maximum absolute atomic E-state index is 5.45. The number of likely N-dealkylation sites (tertiary alicyclic amines) is 1. The molecule has 24 heavy (non-hydrogen) atoms. The number of rotatable bonds is 4. The minimum absolute atomic E-state index is 0. The smallest absolute Gasteiger partial charge is 0.193 e. The fourth-order valence-electron chi connectivity index (χ4n) is 4.36. The molecule has 0 bridgehead atoms. The van der Waals surface area contributed by atoms with Crippen molar-refractivity contribution >= 4 is 29.9 Å². The second-order valence-corrected chi connectivity index (χ2v) is 7.40. The second kappa shape index (κ2) is 10.2. The third kappa shape index (κ3) is 5.21. The molecule has 3 fully saturated rings. The van der Waals surface area contributed by atoms with Gasteiger partial charge in [0, 0.05) is 38.8 Å². The molecule has 1 saturated carbocycles. The summed E-state index contributed by atoms with van der Waals surface area (Å²) in [5.74, 6) is 2.95. The molecule has 2 aliphatic heterocycles. The van der Waals surface area contributed by atoms with Crippen LogP contribution in [0.5, 0.6) is 0 Å². The quantitative estimate of drug-likeness (QED) is 0.406. The Bertz CT molecular complexity index is 386. The minimum atomic E-state index is 0. The van der Waals surface area contributed by atoms with Crippen LogP contribution in [0.4, 0.5) is 0 Å². The maximum Gasteiger partial charge on any atom is 0.193 e. The minimum Gasteiger partial charge on any atom is -0.379 e. The summed E-state index contributed by atoms with van der Waals surface area (Å²) in [5, 5.41) is 3.53. The molecule has 6 heteroatoms. The summed E-state index contributed by atoms with van der Waals surface area (Å²) in [6.45, 7) is 12.5. The molecule has 3 atom stereocenters. The van der Waals surface area contributed by atoms with E-state index in [0.717, 1.165) is 57.2 Å². The van der Waals surface area contributed by atoms with Gasteiger partial charge < -0.3 is 15.0 Å². The van der Waals surface area contributed by atoms with Gasteiger partial charge in [0.1, 0.15) is 0 Å². The average molecular weight is 450 g/mol. The van der Waals surface area contributed by atoms with Crippen molar-refractivity contribution in [3.63, 3.8) is 0 Å². The second-order valence-electron chi connectivity index (χ2n) is 7.40. The van der Waals surface area contributed by atoms with E-state index in [9.17, 15) is 0 Å². The van der Waals surface area contributed by atoms with Gasteiger partial charge in [-0.1, -0.05) is 12.8 Å². The Kier molecular flexibility index (Phi) is 8.57. The van der Waals surface area contributed by atoms with Gasteiger partial charge in [-0.2, -0.15) is 0 Å². The van der Waals surface area contributed by atoms with Crippen molar-refractivity contribution in [3.8, 4) is 0 Å². The third-order valence-electron chi connectivity index (χ3n) is 5.79. The molecule has 5 nitrogen and oxygen atoms in total. The lowest BCUT2D eigenvalue weighted by atomic mass is 9.82. The van der Waals surface area contributed by atoms with Crippen LogP contribution in [0, 0.1) is 11.8 Å². The van der Waals surface area contributed by atoms with Crippen LogP contribution in [0.15, 0.2) is 4.99 Å². The van der Waals surface area contributed by atoms with Crippen LogP contribution in [-0.2, 0) is 4.74 Å². The maximum atomic E-state index is 5.45. The first-order valence-electron chi connectivity index (χ1n) is 9.63. The number of aliphatic imine (C=N–C) groups is 1. The lowest BCUT2D eigenvalue weighted by Crippen LogP contribution is -2.45. The average Bonchev–Trinajstić information content (AvgIpc) is 3.03. The van der Waals surface area contributed by atoms with E-state index < -0.39 is 0 Å². The van der Waals surface area contributed by atoms with E-state index in [0.29, 0.717) is 6.04 Å². The molecule has 1 aliphatic carbocycles. The first kappa shape index (κ1) is 20.2. The molecule has 0 amide bonds. The van der Waals surface area contributed by atoms with E-state index in [1.165, 1.54) is 38.8 Å². The summed E-state index contributed by atoms with van der Waals surface area (Å²) in [4.78, 5) is 10.0. The Labute approximate surface area is 164 Å². The summed E-state index contributed by atoms with van der Waals surface area (Å²) in [6.07, 6.45) is 5.70. The van der Waals surface area contributed by atoms with E-state index >= 15 is 0 Å². The zero-order chi connectivity index (χ0) is 16.1. The predicted octanol–water partition coefficient (Wildman–Crippen LogP) is 2.41. The highest BCUT2D eigenvalue weighted by atomic mass is 127. The number of hydrogen-bond acceptors (Lipinski definition) is 3. The van der Waals surface area contributed by atoms with Crippen LogP contribution in [0.3, 0.4) is 0 Å². The van der Waals surface area contributed by atoms with Gasteiger partial charge in [0.05, 0.1) is 19.8 Å². The van der Waals surface area contributed by atoms with Gasteiger partial charge in [0.15, 0.2) is 5.96 Å². The number of hydrogen-bond donors (Lipinski definition) is 1. The van der Waals surface area contributed by atoms with E-state index in [2.05, 4.69) is 29.0 Å². The monoisotopic (exact) mass is 450 g/mol. The van der Waals surface area contributed by atoms with Crippen LogP contribution >= 0.6 is 24.0 Å². The summed E-state index contributed by atoms with van der Waals surface area (Å²) in [7, 11) is 0. The van der Waals surface area contributed by atoms with Crippen molar-refractivity contribution < 1.29 is 4.74 Å². The van der Waals surface area contributed by atoms with Gasteiger partial charge in [-0.15, -0.1) is 24.0 Å². The van der Waals surface area contributed by atoms with Gasteiger partial charge in [-0.3, -0.25) is 9.89 Å². The summed E-state index contributed by atoms with van der Waals surface area (Å²) >= 11 is 0. The Morgan fingerprint density at radius 3 is 2.38 bits per heavy atom. The zero-order valence-corrected chi connectivity index (χ0v) is 17.7. The van der Waals surface area contributed by atoms with Crippen molar-refractivity contribution in [2.75, 3.05) is 52.5 Å². The molecule has 0 radical (unpaired) electrons. The highest BCUT2D eigenvalue weighted by Gasteiger charge is 2.35. The van der Waals surface area contributed by atoms with Gasteiger partial charge in [-0.25, -0.2) is 0 Å². The zero-order valence-electron chi connectivity index (χ0n) is 15.4. The van der Waals surface area contributed by atoms with Crippen LogP contribution in [-0.4, -0.2) is 74.3 Å². The van der Waals surface area contributed by atoms with Gasteiger partial charge in [0.2, 0.25) is 0 Å². The van der Waals surface area contributed by atoms with Gasteiger partial charge >= 0.3 is 0 Å². The molecular formula is C18H35IN4O. The summed E-state index contributed by atoms with van der Waals surface area (Å²) < 4.78 is 5.45. The van der Waals surface area contributed by atoms with Crippen molar-refractivity contribution in [1.29, 1.82) is 0 Å². The van der Waals surface area contributed by atoms with Crippen LogP contribution in [0.25, 0.3) is 0 Å². The largest absolute Gasteiger partial charge is 0.379 e. The third-order valence-corrected chi connectivity index (χ3v) is 5.79. The number of ether oxygens (including phenoxy) is 1. The van der Waals surface area contributed by atoms with Crippen molar-refractivity contribution in [1.82, 2.24) is 15.1 Å². The SMILES string of the molecule is CCNC(=NCC(C)N1CCOCC1)N1CC2CCCCC2C1.I. The van der Waals surface area contributed by atoms with Crippen molar-refractivity contribution in [2.45, 2.75) is 45.6 Å². The number of morpholine rings is 1. The molecule has 1 N–H and O–H groups in total. The molecule has 3 aliphatic rings. The number of nitrogens with one attached hydrogen (secondary N) is 1. The molecule has 3 unspecified atom stereocenters. The molecule has 0 aromatic heterocycles. The molecule has 0 aromatic rings. The molecular weight excluding hydrogens is 415 g/mol. The number of guanidine groups is 1. The number of halogens is 1. The van der Waals surface area contributed by atoms with Crippen LogP contribution in [0.1, 0.15) is 39.5 Å². The summed E-state index contributed by atoms with van der Waals surface area (Å²) in [6, 6.07) is 0.498. The highest BCUT2D eigenvalue weighted by molar-refractivity contribution is 14.0. The van der Waals surface area contributed by atoms with Crippen LogP contribution < -0.4 is 5.32 Å². The molecule has 0 spiro atoms. The predicted molar refractivity (Wildman–Crippen MR) is 110 cm³/mol. The fraction of sp³-hybridized carbons (Fsp3) is 0.944. The number of fused-ring (bicyclic) bond motifs is 1. The van der Waals surface area contributed by atoms with E-state index in [1.54, 1.807) is 0 Å². The summed E-state index contributed by atoms with van der Waals surface area (Å²) in [5.41, 5.74) is 0. The fourth-order valence-corrected chi connectivity index (χ4v) is 4.36. The van der Waals surface area contributed by atoms with E-state index in [1.807, 2.05) is 0 Å². The lowest BCUT2D eigenvalue weighted by molar-refractivity contribution is 0.0220. The topological polar surface area (TPSA) is 40.1 Å². The Hall–Kier alpha value is -0.0800. The van der Waals surface area contributed by atoms with E-state index in [-0.39, 0.29) is 24.0 Å². The first-order valence-corrected chi connectivity index (χ1v) is 9.63. The van der Waals surface area contributed by atoms with Crippen molar-refractivity contribution in [3.05, 3.63) is 0 Å². The normalized spacial score (nSPS) is 29.8. The molecule has 2 heterocycles.